The van der Waals surface area contributed by atoms with Crippen LogP contribution in [0.15, 0.2) is 36.7 Å². The van der Waals surface area contributed by atoms with Crippen molar-refractivity contribution in [1.82, 2.24) is 15.1 Å². The van der Waals surface area contributed by atoms with Crippen molar-refractivity contribution in [2.45, 2.75) is 33.0 Å². The largest absolute Gasteiger partial charge is 0.306 e. The van der Waals surface area contributed by atoms with Gasteiger partial charge in [-0.05, 0) is 31.5 Å². The molecule has 0 amide bonds. The SMILES string of the molecule is CCn1cc(C(C)NCc2ccc(F)cc2)cn1. The lowest BCUT2D eigenvalue weighted by molar-refractivity contribution is 0.571. The third-order valence-corrected chi connectivity index (χ3v) is 3.00. The second kappa shape index (κ2) is 5.78. The van der Waals surface area contributed by atoms with E-state index in [9.17, 15) is 4.39 Å². The Labute approximate surface area is 107 Å². The number of aromatic nitrogens is 2. The van der Waals surface area contributed by atoms with Gasteiger partial charge in [0.25, 0.3) is 0 Å². The average Bonchev–Trinajstić information content (AvgIpc) is 2.86. The summed E-state index contributed by atoms with van der Waals surface area (Å²) in [5.74, 6) is -0.198. The van der Waals surface area contributed by atoms with E-state index in [2.05, 4.69) is 24.3 Å². The van der Waals surface area contributed by atoms with E-state index in [0.29, 0.717) is 0 Å². The van der Waals surface area contributed by atoms with Gasteiger partial charge in [-0.1, -0.05) is 12.1 Å². The van der Waals surface area contributed by atoms with Crippen molar-refractivity contribution in [2.24, 2.45) is 0 Å². The molecule has 0 spiro atoms. The summed E-state index contributed by atoms with van der Waals surface area (Å²) >= 11 is 0. The Kier molecular flexibility index (Phi) is 4.10. The molecule has 0 aliphatic carbocycles. The van der Waals surface area contributed by atoms with Gasteiger partial charge in [-0.3, -0.25) is 4.68 Å². The first-order valence-corrected chi connectivity index (χ1v) is 6.19. The number of hydrogen-bond acceptors (Lipinski definition) is 2. The first-order chi connectivity index (χ1) is 8.69. The van der Waals surface area contributed by atoms with Crippen LogP contribution in [0.4, 0.5) is 4.39 Å². The number of nitrogens with one attached hydrogen (secondary N) is 1. The molecule has 4 heteroatoms. The molecule has 0 saturated carbocycles. The molecule has 1 aromatic heterocycles. The van der Waals surface area contributed by atoms with Crippen LogP contribution in [-0.2, 0) is 13.1 Å². The van der Waals surface area contributed by atoms with Gasteiger partial charge in [0.05, 0.1) is 6.20 Å². The van der Waals surface area contributed by atoms with E-state index in [1.54, 1.807) is 12.1 Å². The smallest absolute Gasteiger partial charge is 0.123 e. The lowest BCUT2D eigenvalue weighted by Crippen LogP contribution is -2.17. The Balaban J connectivity index is 1.91. The zero-order valence-corrected chi connectivity index (χ0v) is 10.7. The number of halogens is 1. The zero-order valence-electron chi connectivity index (χ0n) is 10.7. The van der Waals surface area contributed by atoms with Crippen LogP contribution in [0.3, 0.4) is 0 Å². The van der Waals surface area contributed by atoms with Crippen molar-refractivity contribution in [2.75, 3.05) is 0 Å². The van der Waals surface area contributed by atoms with E-state index in [0.717, 1.165) is 18.7 Å². The highest BCUT2D eigenvalue weighted by atomic mass is 19.1. The van der Waals surface area contributed by atoms with Gasteiger partial charge in [-0.25, -0.2) is 4.39 Å². The summed E-state index contributed by atoms with van der Waals surface area (Å²) in [5, 5.41) is 7.65. The third kappa shape index (κ3) is 3.17. The second-order valence-electron chi connectivity index (χ2n) is 4.36. The Bertz CT molecular complexity index is 490. The number of rotatable bonds is 5. The molecule has 0 saturated heterocycles. The summed E-state index contributed by atoms with van der Waals surface area (Å²) in [6, 6.07) is 6.79. The van der Waals surface area contributed by atoms with Crippen molar-refractivity contribution in [3.8, 4) is 0 Å². The van der Waals surface area contributed by atoms with Gasteiger partial charge < -0.3 is 5.32 Å². The van der Waals surface area contributed by atoms with Gasteiger partial charge in [-0.2, -0.15) is 5.10 Å². The maximum atomic E-state index is 12.8. The quantitative estimate of drug-likeness (QED) is 0.880. The lowest BCUT2D eigenvalue weighted by Gasteiger charge is -2.11. The monoisotopic (exact) mass is 247 g/mol. The molecule has 2 aromatic rings. The molecular formula is C14H18FN3. The molecule has 0 bridgehead atoms. The predicted molar refractivity (Wildman–Crippen MR) is 69.6 cm³/mol. The van der Waals surface area contributed by atoms with Gasteiger partial charge in [0.2, 0.25) is 0 Å². The highest BCUT2D eigenvalue weighted by molar-refractivity contribution is 5.16. The van der Waals surface area contributed by atoms with Crippen LogP contribution >= 0.6 is 0 Å². The van der Waals surface area contributed by atoms with Crippen LogP contribution in [0, 0.1) is 5.82 Å². The minimum atomic E-state index is -0.198. The van der Waals surface area contributed by atoms with E-state index in [1.165, 1.54) is 17.7 Å². The minimum absolute atomic E-state index is 0.198. The van der Waals surface area contributed by atoms with Gasteiger partial charge in [0.15, 0.2) is 0 Å². The van der Waals surface area contributed by atoms with Gasteiger partial charge in [0, 0.05) is 30.9 Å². The first kappa shape index (κ1) is 12.8. The molecule has 1 N–H and O–H groups in total. The first-order valence-electron chi connectivity index (χ1n) is 6.19. The third-order valence-electron chi connectivity index (χ3n) is 3.00. The Morgan fingerprint density at radius 1 is 1.33 bits per heavy atom. The maximum Gasteiger partial charge on any atom is 0.123 e. The summed E-state index contributed by atoms with van der Waals surface area (Å²) in [7, 11) is 0. The zero-order chi connectivity index (χ0) is 13.0. The number of hydrogen-bond donors (Lipinski definition) is 1. The molecular weight excluding hydrogens is 229 g/mol. The standard InChI is InChI=1S/C14H18FN3/c1-3-18-10-13(9-17-18)11(2)16-8-12-4-6-14(15)7-5-12/h4-7,9-11,16H,3,8H2,1-2H3. The van der Waals surface area contributed by atoms with Gasteiger partial charge in [-0.15, -0.1) is 0 Å². The van der Waals surface area contributed by atoms with E-state index >= 15 is 0 Å². The second-order valence-corrected chi connectivity index (χ2v) is 4.36. The van der Waals surface area contributed by atoms with Crippen LogP contribution in [0.25, 0.3) is 0 Å². The van der Waals surface area contributed by atoms with Crippen LogP contribution < -0.4 is 5.32 Å². The number of aryl methyl sites for hydroxylation is 1. The van der Waals surface area contributed by atoms with Crippen molar-refractivity contribution in [3.05, 3.63) is 53.6 Å². The van der Waals surface area contributed by atoms with Crippen molar-refractivity contribution in [3.63, 3.8) is 0 Å². The fourth-order valence-corrected chi connectivity index (χ4v) is 1.77. The number of nitrogens with zero attached hydrogens (tertiary/aromatic N) is 2. The molecule has 18 heavy (non-hydrogen) atoms. The van der Waals surface area contributed by atoms with E-state index < -0.39 is 0 Å². The summed E-state index contributed by atoms with van der Waals surface area (Å²) in [6.45, 7) is 5.76. The molecule has 0 radical (unpaired) electrons. The summed E-state index contributed by atoms with van der Waals surface area (Å²) in [4.78, 5) is 0. The normalized spacial score (nSPS) is 12.6. The Hall–Kier alpha value is -1.68. The van der Waals surface area contributed by atoms with Crippen molar-refractivity contribution >= 4 is 0 Å². The lowest BCUT2D eigenvalue weighted by atomic mass is 10.1. The Morgan fingerprint density at radius 2 is 2.06 bits per heavy atom. The van der Waals surface area contributed by atoms with Crippen LogP contribution in [0.5, 0.6) is 0 Å². The summed E-state index contributed by atoms with van der Waals surface area (Å²) in [5.41, 5.74) is 2.24. The highest BCUT2D eigenvalue weighted by Crippen LogP contribution is 2.12. The maximum absolute atomic E-state index is 12.8. The fourth-order valence-electron chi connectivity index (χ4n) is 1.77. The van der Waals surface area contributed by atoms with E-state index in [1.807, 2.05) is 17.1 Å². The van der Waals surface area contributed by atoms with Crippen LogP contribution in [0.2, 0.25) is 0 Å². The van der Waals surface area contributed by atoms with Gasteiger partial charge >= 0.3 is 0 Å². The summed E-state index contributed by atoms with van der Waals surface area (Å²) < 4.78 is 14.7. The van der Waals surface area contributed by atoms with Crippen molar-refractivity contribution in [1.29, 1.82) is 0 Å². The topological polar surface area (TPSA) is 29.9 Å². The molecule has 0 fully saturated rings. The van der Waals surface area contributed by atoms with E-state index in [4.69, 9.17) is 0 Å². The average molecular weight is 247 g/mol. The molecule has 1 atom stereocenters. The Morgan fingerprint density at radius 3 is 2.67 bits per heavy atom. The predicted octanol–water partition coefficient (Wildman–Crippen LogP) is 2.89. The number of benzene rings is 1. The van der Waals surface area contributed by atoms with E-state index in [-0.39, 0.29) is 11.9 Å². The van der Waals surface area contributed by atoms with Crippen LogP contribution in [-0.4, -0.2) is 9.78 Å². The highest BCUT2D eigenvalue weighted by Gasteiger charge is 2.07. The molecule has 1 heterocycles. The molecule has 1 unspecified atom stereocenters. The molecule has 2 rings (SSSR count). The fraction of sp³-hybridized carbons (Fsp3) is 0.357. The molecule has 96 valence electrons. The van der Waals surface area contributed by atoms with Crippen molar-refractivity contribution < 1.29 is 4.39 Å². The van der Waals surface area contributed by atoms with Crippen LogP contribution in [0.1, 0.15) is 31.0 Å². The molecule has 1 aromatic carbocycles. The molecule has 3 nitrogen and oxygen atoms in total. The molecule has 0 aliphatic heterocycles. The minimum Gasteiger partial charge on any atom is -0.306 e. The molecule has 0 aliphatic rings. The summed E-state index contributed by atoms with van der Waals surface area (Å²) in [6.07, 6.45) is 3.92. The van der Waals surface area contributed by atoms with Gasteiger partial charge in [0.1, 0.15) is 5.82 Å².